The van der Waals surface area contributed by atoms with Gasteiger partial charge in [0.15, 0.2) is 0 Å². The Morgan fingerprint density at radius 3 is 2.89 bits per heavy atom. The van der Waals surface area contributed by atoms with Crippen molar-refractivity contribution in [3.8, 4) is 0 Å². The molecule has 0 radical (unpaired) electrons. The standard InChI is InChI=1S/C22H20F3N3/c23-15-3-4-19(25)18(10-15)13-5-6-26-17(9-13)12-21-27-20-11-16(24)8-14-2-1-7-28(21)22(14)20/h3-5,8,10-11,17,26H,1-2,6-7,9,12H2. The number of aryl methyl sites for hydroxylation is 2. The predicted molar refractivity (Wildman–Crippen MR) is 102 cm³/mol. The van der Waals surface area contributed by atoms with E-state index in [1.807, 2.05) is 6.08 Å². The Morgan fingerprint density at radius 2 is 2.00 bits per heavy atom. The Hall–Kier alpha value is -2.60. The molecular formula is C22H20F3N3. The number of hydrogen-bond donors (Lipinski definition) is 1. The molecule has 0 spiro atoms. The summed E-state index contributed by atoms with van der Waals surface area (Å²) in [6, 6.07) is 6.72. The lowest BCUT2D eigenvalue weighted by atomic mass is 9.93. The molecule has 0 saturated carbocycles. The van der Waals surface area contributed by atoms with Crippen LogP contribution in [0.2, 0.25) is 0 Å². The summed E-state index contributed by atoms with van der Waals surface area (Å²) in [5.41, 5.74) is 3.88. The smallest absolute Gasteiger partial charge is 0.130 e. The zero-order valence-electron chi connectivity index (χ0n) is 15.3. The minimum absolute atomic E-state index is 0.0611. The van der Waals surface area contributed by atoms with Gasteiger partial charge in [0.25, 0.3) is 0 Å². The molecule has 2 aromatic carbocycles. The van der Waals surface area contributed by atoms with Crippen molar-refractivity contribution in [1.29, 1.82) is 0 Å². The molecule has 0 amide bonds. The molecule has 0 saturated heterocycles. The average molecular weight is 383 g/mol. The third-order valence-electron chi connectivity index (χ3n) is 5.72. The fourth-order valence-electron chi connectivity index (χ4n) is 4.48. The van der Waals surface area contributed by atoms with Gasteiger partial charge in [-0.15, -0.1) is 0 Å². The molecule has 0 fully saturated rings. The largest absolute Gasteiger partial charge is 0.328 e. The molecule has 3 nitrogen and oxygen atoms in total. The predicted octanol–water partition coefficient (Wildman–Crippen LogP) is 4.39. The molecule has 0 bridgehead atoms. The molecule has 28 heavy (non-hydrogen) atoms. The Labute approximate surface area is 160 Å². The highest BCUT2D eigenvalue weighted by atomic mass is 19.1. The lowest BCUT2D eigenvalue weighted by molar-refractivity contribution is 0.499. The number of aromatic nitrogens is 2. The van der Waals surface area contributed by atoms with Crippen LogP contribution in [0.4, 0.5) is 13.2 Å². The molecule has 144 valence electrons. The van der Waals surface area contributed by atoms with Crippen LogP contribution in [0, 0.1) is 17.5 Å². The van der Waals surface area contributed by atoms with Crippen LogP contribution in [0.25, 0.3) is 16.6 Å². The number of rotatable bonds is 3. The Morgan fingerprint density at radius 1 is 1.11 bits per heavy atom. The number of nitrogens with one attached hydrogen (secondary N) is 1. The van der Waals surface area contributed by atoms with E-state index in [1.54, 1.807) is 6.07 Å². The van der Waals surface area contributed by atoms with Gasteiger partial charge in [0.05, 0.1) is 11.0 Å². The molecule has 1 aromatic heterocycles. The van der Waals surface area contributed by atoms with E-state index in [1.165, 1.54) is 18.2 Å². The van der Waals surface area contributed by atoms with Crippen molar-refractivity contribution < 1.29 is 13.2 Å². The topological polar surface area (TPSA) is 29.9 Å². The molecule has 2 aliphatic rings. The van der Waals surface area contributed by atoms with E-state index in [4.69, 9.17) is 4.98 Å². The van der Waals surface area contributed by atoms with E-state index in [-0.39, 0.29) is 11.9 Å². The highest BCUT2D eigenvalue weighted by molar-refractivity contribution is 5.80. The third-order valence-corrected chi connectivity index (χ3v) is 5.72. The van der Waals surface area contributed by atoms with Crippen LogP contribution in [0.3, 0.4) is 0 Å². The molecule has 3 aromatic rings. The second-order valence-electron chi connectivity index (χ2n) is 7.58. The van der Waals surface area contributed by atoms with Crippen molar-refractivity contribution in [3.63, 3.8) is 0 Å². The monoisotopic (exact) mass is 383 g/mol. The maximum atomic E-state index is 14.2. The molecular weight excluding hydrogens is 363 g/mol. The highest BCUT2D eigenvalue weighted by Crippen LogP contribution is 2.30. The van der Waals surface area contributed by atoms with Gasteiger partial charge >= 0.3 is 0 Å². The van der Waals surface area contributed by atoms with Gasteiger partial charge in [-0.05, 0) is 54.7 Å². The molecule has 6 heteroatoms. The summed E-state index contributed by atoms with van der Waals surface area (Å²) in [6.45, 7) is 1.47. The summed E-state index contributed by atoms with van der Waals surface area (Å²) in [7, 11) is 0. The molecule has 1 atom stereocenters. The van der Waals surface area contributed by atoms with E-state index < -0.39 is 11.6 Å². The van der Waals surface area contributed by atoms with Gasteiger partial charge in [-0.25, -0.2) is 18.2 Å². The van der Waals surface area contributed by atoms with Crippen molar-refractivity contribution in [2.45, 2.75) is 38.3 Å². The second-order valence-corrected chi connectivity index (χ2v) is 7.58. The maximum absolute atomic E-state index is 14.2. The van der Waals surface area contributed by atoms with Crippen molar-refractivity contribution in [2.24, 2.45) is 0 Å². The number of hydrogen-bond acceptors (Lipinski definition) is 2. The van der Waals surface area contributed by atoms with Crippen LogP contribution in [0.5, 0.6) is 0 Å². The first-order valence-corrected chi connectivity index (χ1v) is 9.64. The van der Waals surface area contributed by atoms with Crippen LogP contribution in [0.15, 0.2) is 36.4 Å². The van der Waals surface area contributed by atoms with Crippen molar-refractivity contribution in [1.82, 2.24) is 14.9 Å². The van der Waals surface area contributed by atoms with E-state index in [9.17, 15) is 13.2 Å². The van der Waals surface area contributed by atoms with Crippen LogP contribution < -0.4 is 5.32 Å². The summed E-state index contributed by atoms with van der Waals surface area (Å²) in [5, 5.41) is 3.42. The van der Waals surface area contributed by atoms with E-state index in [0.717, 1.165) is 47.9 Å². The Bertz CT molecular complexity index is 1100. The van der Waals surface area contributed by atoms with Crippen LogP contribution in [0.1, 0.15) is 29.8 Å². The van der Waals surface area contributed by atoms with Gasteiger partial charge in [0.2, 0.25) is 0 Å². The molecule has 5 rings (SSSR count). The number of benzene rings is 2. The van der Waals surface area contributed by atoms with Gasteiger partial charge < -0.3 is 9.88 Å². The van der Waals surface area contributed by atoms with Crippen molar-refractivity contribution >= 4 is 16.6 Å². The average Bonchev–Trinajstić information content (AvgIpc) is 3.02. The molecule has 3 heterocycles. The van der Waals surface area contributed by atoms with E-state index >= 15 is 0 Å². The van der Waals surface area contributed by atoms with Crippen molar-refractivity contribution in [2.75, 3.05) is 6.54 Å². The van der Waals surface area contributed by atoms with Gasteiger partial charge in [0.1, 0.15) is 23.3 Å². The summed E-state index contributed by atoms with van der Waals surface area (Å²) in [5.74, 6) is -0.177. The molecule has 0 aliphatic carbocycles. The maximum Gasteiger partial charge on any atom is 0.130 e. The first kappa shape index (κ1) is 17.5. The van der Waals surface area contributed by atoms with E-state index in [2.05, 4.69) is 9.88 Å². The summed E-state index contributed by atoms with van der Waals surface area (Å²) < 4.78 is 43.8. The molecule has 1 N–H and O–H groups in total. The first-order valence-electron chi connectivity index (χ1n) is 9.64. The van der Waals surface area contributed by atoms with Crippen molar-refractivity contribution in [3.05, 3.63) is 70.8 Å². The Kier molecular flexibility index (Phi) is 4.23. The highest BCUT2D eigenvalue weighted by Gasteiger charge is 2.24. The van der Waals surface area contributed by atoms with Gasteiger partial charge in [0, 0.05) is 37.2 Å². The fraction of sp³-hybridized carbons (Fsp3) is 0.318. The number of imidazole rings is 1. The summed E-state index contributed by atoms with van der Waals surface area (Å²) in [6.07, 6.45) is 4.99. The van der Waals surface area contributed by atoms with Gasteiger partial charge in [-0.2, -0.15) is 0 Å². The number of nitrogens with zero attached hydrogens (tertiary/aromatic N) is 2. The van der Waals surface area contributed by atoms with Gasteiger partial charge in [-0.1, -0.05) is 6.08 Å². The number of halogens is 3. The minimum atomic E-state index is -0.439. The summed E-state index contributed by atoms with van der Waals surface area (Å²) in [4.78, 5) is 4.70. The summed E-state index contributed by atoms with van der Waals surface area (Å²) >= 11 is 0. The quantitative estimate of drug-likeness (QED) is 0.727. The first-order chi connectivity index (χ1) is 13.6. The van der Waals surface area contributed by atoms with Crippen LogP contribution >= 0.6 is 0 Å². The van der Waals surface area contributed by atoms with Crippen LogP contribution in [-0.2, 0) is 19.4 Å². The minimum Gasteiger partial charge on any atom is -0.328 e. The van der Waals surface area contributed by atoms with E-state index in [0.29, 0.717) is 30.5 Å². The van der Waals surface area contributed by atoms with Crippen LogP contribution in [-0.4, -0.2) is 22.1 Å². The third kappa shape index (κ3) is 3.02. The normalized spacial score (nSPS) is 19.1. The molecule has 2 aliphatic heterocycles. The zero-order chi connectivity index (χ0) is 19.3. The van der Waals surface area contributed by atoms with Gasteiger partial charge in [-0.3, -0.25) is 0 Å². The zero-order valence-corrected chi connectivity index (χ0v) is 15.3. The lowest BCUT2D eigenvalue weighted by Gasteiger charge is -2.25. The SMILES string of the molecule is Fc1ccc(F)c(C2=CCNC(Cc3nc4cc(F)cc5c4n3CCC5)C2)c1. The second kappa shape index (κ2) is 6.78. The fourth-order valence-corrected chi connectivity index (χ4v) is 4.48. The molecule has 1 unspecified atom stereocenters. The Balaban J connectivity index is 1.44. The lowest BCUT2D eigenvalue weighted by Crippen LogP contribution is -2.35.